The number of rotatable bonds is 5. The minimum absolute atomic E-state index is 0.0320. The molecule has 0 radical (unpaired) electrons. The zero-order valence-electron chi connectivity index (χ0n) is 14.7. The van der Waals surface area contributed by atoms with E-state index in [1.54, 1.807) is 17.0 Å². The third-order valence-corrected chi connectivity index (χ3v) is 5.37. The summed E-state index contributed by atoms with van der Waals surface area (Å²) < 4.78 is 12.9. The molecule has 1 atom stereocenters. The van der Waals surface area contributed by atoms with E-state index in [1.165, 1.54) is 37.8 Å². The molecule has 3 rings (SSSR count). The summed E-state index contributed by atoms with van der Waals surface area (Å²) in [7, 11) is 0. The number of amides is 2. The summed E-state index contributed by atoms with van der Waals surface area (Å²) in [4.78, 5) is 26.5. The Kier molecular flexibility index (Phi) is 6.05. The summed E-state index contributed by atoms with van der Waals surface area (Å²) in [5.74, 6) is -0.409. The van der Waals surface area contributed by atoms with E-state index in [-0.39, 0.29) is 29.6 Å². The van der Waals surface area contributed by atoms with Crippen molar-refractivity contribution in [3.05, 3.63) is 35.6 Å². The van der Waals surface area contributed by atoms with Crippen molar-refractivity contribution < 1.29 is 14.0 Å². The predicted molar refractivity (Wildman–Crippen MR) is 94.4 cm³/mol. The number of hydrogen-bond donors (Lipinski definition) is 1. The molecule has 1 heterocycles. The van der Waals surface area contributed by atoms with Crippen LogP contribution in [-0.4, -0.2) is 35.8 Å². The average Bonchev–Trinajstić information content (AvgIpc) is 2.80. The van der Waals surface area contributed by atoms with Gasteiger partial charge in [-0.15, -0.1) is 0 Å². The molecule has 0 unspecified atom stereocenters. The molecule has 1 saturated heterocycles. The second-order valence-corrected chi connectivity index (χ2v) is 7.31. The van der Waals surface area contributed by atoms with E-state index in [1.807, 2.05) is 0 Å². The van der Waals surface area contributed by atoms with Gasteiger partial charge in [0, 0.05) is 25.6 Å². The molecule has 1 aromatic rings. The number of carbonyl (C=O) groups excluding carboxylic acids is 2. The minimum atomic E-state index is -0.253. The van der Waals surface area contributed by atoms with Gasteiger partial charge in [-0.3, -0.25) is 9.59 Å². The van der Waals surface area contributed by atoms with Crippen LogP contribution in [0.1, 0.15) is 50.5 Å². The lowest BCUT2D eigenvalue weighted by Gasteiger charge is -2.20. The summed E-state index contributed by atoms with van der Waals surface area (Å²) in [6.45, 7) is 1.08. The Morgan fingerprint density at radius 1 is 1.12 bits per heavy atom. The van der Waals surface area contributed by atoms with Crippen LogP contribution >= 0.6 is 0 Å². The van der Waals surface area contributed by atoms with E-state index in [4.69, 9.17) is 0 Å². The SMILES string of the molecule is O=C(NC1CCCCCC1)[C@H]1CC(=O)N(CCc2ccc(F)cc2)C1. The largest absolute Gasteiger partial charge is 0.353 e. The predicted octanol–water partition coefficient (Wildman–Crippen LogP) is 3.06. The molecule has 1 aromatic carbocycles. The normalized spacial score (nSPS) is 22.0. The number of benzene rings is 1. The first-order valence-electron chi connectivity index (χ1n) is 9.44. The maximum Gasteiger partial charge on any atom is 0.225 e. The van der Waals surface area contributed by atoms with Crippen LogP contribution in [-0.2, 0) is 16.0 Å². The van der Waals surface area contributed by atoms with Crippen molar-refractivity contribution in [3.63, 3.8) is 0 Å². The number of likely N-dealkylation sites (tertiary alicyclic amines) is 1. The molecule has 2 aliphatic rings. The average molecular weight is 346 g/mol. The Morgan fingerprint density at radius 2 is 1.80 bits per heavy atom. The van der Waals surface area contributed by atoms with E-state index in [9.17, 15) is 14.0 Å². The highest BCUT2D eigenvalue weighted by Gasteiger charge is 2.34. The second-order valence-electron chi connectivity index (χ2n) is 7.31. The molecule has 2 amide bonds. The van der Waals surface area contributed by atoms with Gasteiger partial charge in [0.25, 0.3) is 0 Å². The quantitative estimate of drug-likeness (QED) is 0.833. The molecule has 2 fully saturated rings. The van der Waals surface area contributed by atoms with Crippen LogP contribution in [0.4, 0.5) is 4.39 Å². The molecule has 25 heavy (non-hydrogen) atoms. The lowest BCUT2D eigenvalue weighted by molar-refractivity contribution is -0.129. The number of hydrogen-bond acceptors (Lipinski definition) is 2. The highest BCUT2D eigenvalue weighted by molar-refractivity contribution is 5.89. The first-order valence-corrected chi connectivity index (χ1v) is 9.44. The van der Waals surface area contributed by atoms with Gasteiger partial charge >= 0.3 is 0 Å². The van der Waals surface area contributed by atoms with Gasteiger partial charge in [-0.2, -0.15) is 0 Å². The third kappa shape index (κ3) is 5.03. The molecular weight excluding hydrogens is 319 g/mol. The van der Waals surface area contributed by atoms with Crippen molar-refractivity contribution in [2.75, 3.05) is 13.1 Å². The Morgan fingerprint density at radius 3 is 2.48 bits per heavy atom. The summed E-state index contributed by atoms with van der Waals surface area (Å²) >= 11 is 0. The molecule has 1 aliphatic heterocycles. The highest BCUT2D eigenvalue weighted by atomic mass is 19.1. The molecule has 136 valence electrons. The lowest BCUT2D eigenvalue weighted by atomic mass is 10.0. The van der Waals surface area contributed by atoms with Crippen LogP contribution in [0.25, 0.3) is 0 Å². The Bertz CT molecular complexity index is 594. The molecule has 1 saturated carbocycles. The lowest BCUT2D eigenvalue weighted by Crippen LogP contribution is -2.39. The van der Waals surface area contributed by atoms with E-state index >= 15 is 0 Å². The standard InChI is InChI=1S/C20H27FN2O2/c21-17-9-7-15(8-10-17)11-12-23-14-16(13-19(23)24)20(25)22-18-5-3-1-2-4-6-18/h7-10,16,18H,1-6,11-14H2,(H,22,25)/t16-/m0/s1. The zero-order valence-corrected chi connectivity index (χ0v) is 14.7. The van der Waals surface area contributed by atoms with Crippen LogP contribution in [0.2, 0.25) is 0 Å². The zero-order chi connectivity index (χ0) is 17.6. The first-order chi connectivity index (χ1) is 12.1. The van der Waals surface area contributed by atoms with Crippen molar-refractivity contribution in [1.82, 2.24) is 10.2 Å². The third-order valence-electron chi connectivity index (χ3n) is 5.37. The first kappa shape index (κ1) is 17.9. The molecule has 0 bridgehead atoms. The van der Waals surface area contributed by atoms with Crippen LogP contribution < -0.4 is 5.32 Å². The monoisotopic (exact) mass is 346 g/mol. The smallest absolute Gasteiger partial charge is 0.225 e. The van der Waals surface area contributed by atoms with Gasteiger partial charge in [0.2, 0.25) is 11.8 Å². The van der Waals surface area contributed by atoms with Gasteiger partial charge in [0.15, 0.2) is 0 Å². The number of nitrogens with zero attached hydrogens (tertiary/aromatic N) is 1. The molecule has 1 aliphatic carbocycles. The topological polar surface area (TPSA) is 49.4 Å². The Labute approximate surface area is 148 Å². The fourth-order valence-corrected chi connectivity index (χ4v) is 3.82. The Balaban J connectivity index is 1.47. The van der Waals surface area contributed by atoms with E-state index in [0.717, 1.165) is 18.4 Å². The molecule has 0 spiro atoms. The fourth-order valence-electron chi connectivity index (χ4n) is 3.82. The molecule has 4 nitrogen and oxygen atoms in total. The van der Waals surface area contributed by atoms with Gasteiger partial charge in [0.1, 0.15) is 5.82 Å². The summed E-state index contributed by atoms with van der Waals surface area (Å²) in [5.41, 5.74) is 1.00. The van der Waals surface area contributed by atoms with Gasteiger partial charge in [-0.05, 0) is 37.0 Å². The van der Waals surface area contributed by atoms with Gasteiger partial charge < -0.3 is 10.2 Å². The van der Waals surface area contributed by atoms with E-state index < -0.39 is 0 Å². The van der Waals surface area contributed by atoms with Crippen molar-refractivity contribution in [1.29, 1.82) is 0 Å². The van der Waals surface area contributed by atoms with Crippen LogP contribution in [0.3, 0.4) is 0 Å². The number of carbonyl (C=O) groups is 2. The van der Waals surface area contributed by atoms with Gasteiger partial charge in [-0.25, -0.2) is 4.39 Å². The minimum Gasteiger partial charge on any atom is -0.353 e. The highest BCUT2D eigenvalue weighted by Crippen LogP contribution is 2.21. The summed E-state index contributed by atoms with van der Waals surface area (Å²) in [5, 5.41) is 3.16. The van der Waals surface area contributed by atoms with Crippen LogP contribution in [0.15, 0.2) is 24.3 Å². The maximum atomic E-state index is 12.9. The van der Waals surface area contributed by atoms with Gasteiger partial charge in [-0.1, -0.05) is 37.8 Å². The second kappa shape index (κ2) is 8.45. The van der Waals surface area contributed by atoms with Crippen molar-refractivity contribution in [2.45, 2.75) is 57.4 Å². The van der Waals surface area contributed by atoms with Crippen LogP contribution in [0, 0.1) is 11.7 Å². The number of nitrogens with one attached hydrogen (secondary N) is 1. The number of halogens is 1. The van der Waals surface area contributed by atoms with Gasteiger partial charge in [0.05, 0.1) is 5.92 Å². The molecule has 1 N–H and O–H groups in total. The van der Waals surface area contributed by atoms with Crippen molar-refractivity contribution in [3.8, 4) is 0 Å². The van der Waals surface area contributed by atoms with Crippen molar-refractivity contribution in [2.24, 2.45) is 5.92 Å². The van der Waals surface area contributed by atoms with Crippen molar-refractivity contribution >= 4 is 11.8 Å². The van der Waals surface area contributed by atoms with Crippen LogP contribution in [0.5, 0.6) is 0 Å². The maximum absolute atomic E-state index is 12.9. The Hall–Kier alpha value is -1.91. The summed E-state index contributed by atoms with van der Waals surface area (Å²) in [6, 6.07) is 6.63. The fraction of sp³-hybridized carbons (Fsp3) is 0.600. The molecular formula is C20H27FN2O2. The van der Waals surface area contributed by atoms with E-state index in [0.29, 0.717) is 25.9 Å². The molecule has 5 heteroatoms. The molecule has 0 aromatic heterocycles. The summed E-state index contributed by atoms with van der Waals surface area (Å²) in [6.07, 6.45) is 7.97. The van der Waals surface area contributed by atoms with E-state index in [2.05, 4.69) is 5.32 Å².